The van der Waals surface area contributed by atoms with E-state index in [1.165, 1.54) is 128 Å². The average Bonchev–Trinajstić information content (AvgIpc) is 0.899. The van der Waals surface area contributed by atoms with Crippen LogP contribution in [0.4, 0.5) is 4.79 Å². The zero-order valence-electron chi connectivity index (χ0n) is 90.3. The number of esters is 4. The molecule has 0 aliphatic carbocycles. The van der Waals surface area contributed by atoms with Gasteiger partial charge in [0.15, 0.2) is 0 Å². The van der Waals surface area contributed by atoms with Gasteiger partial charge in [0.25, 0.3) is 0 Å². The number of ether oxygens (including phenoxy) is 6. The number of phosphoric acid groups is 2. The summed E-state index contributed by atoms with van der Waals surface area (Å²) in [5.74, 6) is -2.26. The Balaban J connectivity index is -0.0000147. The van der Waals surface area contributed by atoms with Crippen LogP contribution in [0.5, 0.6) is 0 Å². The fourth-order valence-electron chi connectivity index (χ4n) is 15.7. The zero-order valence-corrected chi connectivity index (χ0v) is 94.1. The van der Waals surface area contributed by atoms with Gasteiger partial charge in [0.1, 0.15) is 24.4 Å². The Kier molecular flexibility index (Phi) is 105. The molecule has 0 fully saturated rings. The molecule has 8 atom stereocenters. The van der Waals surface area contributed by atoms with Crippen LogP contribution in [0.2, 0.25) is 0 Å². The van der Waals surface area contributed by atoms with Crippen LogP contribution in [-0.2, 0) is 84.4 Å². The molecule has 0 aliphatic heterocycles. The largest absolute Gasteiger partial charge is 1.00 e. The molecule has 0 heterocycles. The molecule has 136 heavy (non-hydrogen) atoms. The molecule has 788 valence electrons. The Morgan fingerprint density at radius 3 is 0.750 bits per heavy atom. The maximum atomic E-state index is 14.2. The Labute approximate surface area is 876 Å². The van der Waals surface area contributed by atoms with Gasteiger partial charge >= 0.3 is 105 Å². The first-order valence-electron chi connectivity index (χ1n) is 54.6. The number of allylic oxidation sites excluding steroid dienone is 8. The minimum atomic E-state index is -4.88. The van der Waals surface area contributed by atoms with Gasteiger partial charge in [-0.1, -0.05) is 335 Å². The molecule has 0 aromatic rings. The number of urea groups is 1. The molecule has 0 aromatic carbocycles. The third-order valence-electron chi connectivity index (χ3n) is 23.8. The molecule has 0 rings (SSSR count). The van der Waals surface area contributed by atoms with Gasteiger partial charge in [0.2, 0.25) is 11.8 Å². The topological polar surface area (TPSA) is 335 Å². The fourth-order valence-corrected chi connectivity index (χ4v) is 17.2. The van der Waals surface area contributed by atoms with Crippen LogP contribution in [0.25, 0.3) is 0 Å². The summed E-state index contributed by atoms with van der Waals surface area (Å²) in [5.41, 5.74) is 0. The van der Waals surface area contributed by atoms with Crippen molar-refractivity contribution in [3.05, 3.63) is 48.6 Å². The van der Waals surface area contributed by atoms with Gasteiger partial charge < -0.3 is 62.3 Å². The average molecular weight is 1990 g/mol. The van der Waals surface area contributed by atoms with Gasteiger partial charge in [0, 0.05) is 51.6 Å². The Bertz CT molecular complexity index is 2820. The van der Waals surface area contributed by atoms with Crippen LogP contribution < -0.4 is 80.4 Å². The standard InChI is InChI=1S/C107H200N4O21P2.2Na.2H/c1-9-17-25-33-39-45-51-59-67-75-99(131-105(116)79-71-63-55-49-43-37-29-21-13-5)89-101(112)110-95(91-123-85-81-97(73-65-57-31-23-15-7)129-103(114)77-69-61-53-47-41-35-27-19-11-3)93-127-133(119,120)125-87-83-108-107(118)109-84-88-126-134(121,122)128-94-96(92-124-86-82-98(74-66-58-32-24-16-8)130-104(115)78-70-62-54-48-42-36-28-20-12-4)111-102(113)90-100(76-68-60-52-46-40-34-26-18-10-2)132-106(117)80-72-64-56-50-44-38-30-22-14-6;;;;/h47-50,53-56,95-100H,9-46,51-52,57-94H2,1-8H3,(H,110,112)(H,111,113)(H,119,120)(H,121,122)(H2,108,109,118);;;;/q;2*+1;2*-1/b53-47-,54-48-,55-49+,56-50+;;;;/t95?,96?,97-,98-,99-,100-;;;;/m1..../s1. The van der Waals surface area contributed by atoms with E-state index in [2.05, 4.69) is 125 Å². The minimum absolute atomic E-state index is 0. The third-order valence-corrected chi connectivity index (χ3v) is 25.8. The van der Waals surface area contributed by atoms with E-state index in [-0.39, 0.29) is 151 Å². The van der Waals surface area contributed by atoms with Crippen molar-refractivity contribution in [1.29, 1.82) is 0 Å². The molecule has 0 spiro atoms. The minimum Gasteiger partial charge on any atom is -1.00 e. The number of phosphoric ester groups is 2. The molecule has 0 saturated carbocycles. The van der Waals surface area contributed by atoms with E-state index in [0.29, 0.717) is 77.0 Å². The normalized spacial score (nSPS) is 13.9. The van der Waals surface area contributed by atoms with E-state index in [1.807, 2.05) is 0 Å². The van der Waals surface area contributed by atoms with Gasteiger partial charge in [-0.25, -0.2) is 13.9 Å². The Morgan fingerprint density at radius 1 is 0.272 bits per heavy atom. The second-order valence-electron chi connectivity index (χ2n) is 37.0. The van der Waals surface area contributed by atoms with Crippen molar-refractivity contribution in [3.63, 3.8) is 0 Å². The van der Waals surface area contributed by atoms with Crippen LogP contribution in [-0.4, -0.2) is 154 Å². The first-order chi connectivity index (χ1) is 65.2. The Morgan fingerprint density at radius 2 is 0.493 bits per heavy atom. The molecule has 4 unspecified atom stereocenters. The predicted octanol–water partition coefficient (Wildman–Crippen LogP) is 22.3. The van der Waals surface area contributed by atoms with Crippen LogP contribution in [0.3, 0.4) is 0 Å². The zero-order chi connectivity index (χ0) is 98.2. The van der Waals surface area contributed by atoms with Crippen molar-refractivity contribution in [2.24, 2.45) is 0 Å². The Hall–Kier alpha value is -2.81. The second-order valence-corrected chi connectivity index (χ2v) is 39.9. The first kappa shape index (κ1) is 137. The quantitative estimate of drug-likeness (QED) is 0.00823. The van der Waals surface area contributed by atoms with Crippen molar-refractivity contribution in [2.75, 3.05) is 65.9 Å². The molecule has 0 saturated heterocycles. The maximum Gasteiger partial charge on any atom is 1.00 e. The molecule has 4 amide bonds. The van der Waals surface area contributed by atoms with Gasteiger partial charge in [-0.15, -0.1) is 0 Å². The summed E-state index contributed by atoms with van der Waals surface area (Å²) in [6.45, 7) is 14.8. The second kappa shape index (κ2) is 104. The van der Waals surface area contributed by atoms with Gasteiger partial charge in [0.05, 0.1) is 77.8 Å². The number of hydrogen-bond donors (Lipinski definition) is 6. The van der Waals surface area contributed by atoms with Crippen molar-refractivity contribution < 1.29 is 161 Å². The summed E-state index contributed by atoms with van der Waals surface area (Å²) in [6, 6.07) is -2.78. The summed E-state index contributed by atoms with van der Waals surface area (Å²) < 4.78 is 85.3. The van der Waals surface area contributed by atoms with Crippen LogP contribution in [0.1, 0.15) is 495 Å². The van der Waals surface area contributed by atoms with Gasteiger partial charge in [-0.3, -0.25) is 46.9 Å². The van der Waals surface area contributed by atoms with E-state index in [9.17, 15) is 52.5 Å². The van der Waals surface area contributed by atoms with Crippen molar-refractivity contribution in [1.82, 2.24) is 21.3 Å². The first-order valence-corrected chi connectivity index (χ1v) is 57.5. The van der Waals surface area contributed by atoms with Crippen molar-refractivity contribution in [3.8, 4) is 0 Å². The van der Waals surface area contributed by atoms with E-state index in [4.69, 9.17) is 46.5 Å². The summed E-state index contributed by atoms with van der Waals surface area (Å²) in [6.07, 6.45) is 77.3. The third kappa shape index (κ3) is 97.3. The fraction of sp³-hybridized carbons (Fsp3) is 0.860. The van der Waals surface area contributed by atoms with Crippen LogP contribution >= 0.6 is 15.6 Å². The number of unbranched alkanes of at least 4 members (excludes halogenated alkanes) is 44. The number of rotatable bonds is 102. The molecule has 0 aromatic heterocycles. The number of carbonyl (C=O) groups excluding carboxylic acids is 7. The molecule has 0 aliphatic rings. The molecule has 0 radical (unpaired) electrons. The van der Waals surface area contributed by atoms with Crippen molar-refractivity contribution in [2.45, 2.75) is 529 Å². The van der Waals surface area contributed by atoms with E-state index < -0.39 is 96.4 Å². The molecule has 6 N–H and O–H groups in total. The van der Waals surface area contributed by atoms with E-state index >= 15 is 0 Å². The number of carbonyl (C=O) groups is 7. The predicted molar refractivity (Wildman–Crippen MR) is 548 cm³/mol. The summed E-state index contributed by atoms with van der Waals surface area (Å²) >= 11 is 0. The van der Waals surface area contributed by atoms with Gasteiger partial charge in [-0.2, -0.15) is 0 Å². The molecular weight excluding hydrogens is 1790 g/mol. The van der Waals surface area contributed by atoms with E-state index in [0.717, 1.165) is 205 Å². The van der Waals surface area contributed by atoms with Gasteiger partial charge in [-0.05, 0) is 154 Å². The molecule has 25 nitrogen and oxygen atoms in total. The summed E-state index contributed by atoms with van der Waals surface area (Å²) in [5, 5.41) is 10.8. The monoisotopic (exact) mass is 1990 g/mol. The summed E-state index contributed by atoms with van der Waals surface area (Å²) in [7, 11) is -9.75. The number of hydrogen-bond acceptors (Lipinski definition) is 19. The molecule has 29 heteroatoms. The van der Waals surface area contributed by atoms with Crippen LogP contribution in [0, 0.1) is 0 Å². The molecule has 0 bridgehead atoms. The number of amides is 4. The molecular formula is C107H202N4Na2O21P2. The number of nitrogens with one attached hydrogen (secondary N) is 4. The smallest absolute Gasteiger partial charge is 1.00 e. The SMILES string of the molecule is CCCCCC/C=C\CCCC(=O)O[C@H](CCCCCCC)CCOCC(COP(=O)(O)OCCNC(=O)NCCOP(=O)(O)OCC(COCC[C@@H](CCCCCCC)OC(=O)CCC/C=C\CCCCCC)NC(=O)C[C@@H](CCCCCCCCCCC)OC(=O)CCC/C=C/CCCCCC)NC(=O)C[C@@H](CCCCCCCCCCC)OC(=O)CCC/C=C/CCCCCC.[H-].[H-].[Na+].[Na+]. The maximum absolute atomic E-state index is 14.2. The van der Waals surface area contributed by atoms with E-state index in [1.54, 1.807) is 0 Å². The van der Waals surface area contributed by atoms with Crippen LogP contribution in [0.15, 0.2) is 48.6 Å². The van der Waals surface area contributed by atoms with Crippen molar-refractivity contribution >= 4 is 57.4 Å². The summed E-state index contributed by atoms with van der Waals surface area (Å²) in [4.78, 5) is 117.